The molecule has 1 fully saturated rings. The van der Waals surface area contributed by atoms with Gasteiger partial charge in [-0.2, -0.15) is 9.40 Å². The van der Waals surface area contributed by atoms with Gasteiger partial charge < -0.3 is 5.73 Å². The molecule has 18 heavy (non-hydrogen) atoms. The van der Waals surface area contributed by atoms with Crippen molar-refractivity contribution in [3.63, 3.8) is 0 Å². The number of hydrogen-bond donors (Lipinski definition) is 2. The molecule has 2 atom stereocenters. The summed E-state index contributed by atoms with van der Waals surface area (Å²) < 4.78 is 26.3. The molecule has 6 nitrogen and oxygen atoms in total. The van der Waals surface area contributed by atoms with E-state index >= 15 is 0 Å². The van der Waals surface area contributed by atoms with E-state index in [0.29, 0.717) is 5.69 Å². The monoisotopic (exact) mass is 272 g/mol. The Morgan fingerprint density at radius 3 is 2.67 bits per heavy atom. The van der Waals surface area contributed by atoms with Crippen LogP contribution in [0.4, 0.5) is 0 Å². The standard InChI is InChI=1S/C11H20N4O2S/c1-8-11(7-13-14-8)18(16,17)15(2)10-6-4-3-5-9(10)12/h7,9-10H,3-6,12H2,1-2H3,(H,13,14). The smallest absolute Gasteiger partial charge is 0.246 e. The topological polar surface area (TPSA) is 92.1 Å². The predicted octanol–water partition coefficient (Wildman–Crippen LogP) is 0.609. The number of aromatic nitrogens is 2. The van der Waals surface area contributed by atoms with Crippen LogP contribution in [-0.2, 0) is 10.0 Å². The number of nitrogens with zero attached hydrogens (tertiary/aromatic N) is 2. The Kier molecular flexibility index (Phi) is 3.74. The third-order valence-electron chi connectivity index (χ3n) is 3.69. The van der Waals surface area contributed by atoms with Crippen molar-refractivity contribution in [3.05, 3.63) is 11.9 Å². The number of nitrogens with one attached hydrogen (secondary N) is 1. The van der Waals surface area contributed by atoms with Gasteiger partial charge in [-0.3, -0.25) is 5.10 Å². The van der Waals surface area contributed by atoms with Gasteiger partial charge in [0, 0.05) is 19.1 Å². The fourth-order valence-corrected chi connectivity index (χ4v) is 4.07. The summed E-state index contributed by atoms with van der Waals surface area (Å²) in [5.74, 6) is 0. The molecule has 1 aromatic heterocycles. The highest BCUT2D eigenvalue weighted by molar-refractivity contribution is 7.89. The molecule has 2 unspecified atom stereocenters. The number of aromatic amines is 1. The van der Waals surface area contributed by atoms with Crippen molar-refractivity contribution in [3.8, 4) is 0 Å². The zero-order valence-electron chi connectivity index (χ0n) is 10.8. The fraction of sp³-hybridized carbons (Fsp3) is 0.727. The first-order valence-electron chi connectivity index (χ1n) is 6.18. The first kappa shape index (κ1) is 13.5. The van der Waals surface area contributed by atoms with Crippen LogP contribution in [0.25, 0.3) is 0 Å². The number of rotatable bonds is 3. The Hall–Kier alpha value is -0.920. The quantitative estimate of drug-likeness (QED) is 0.843. The van der Waals surface area contributed by atoms with Crippen LogP contribution in [0.1, 0.15) is 31.4 Å². The average molecular weight is 272 g/mol. The van der Waals surface area contributed by atoms with Crippen molar-refractivity contribution in [1.82, 2.24) is 14.5 Å². The number of hydrogen-bond acceptors (Lipinski definition) is 4. The number of sulfonamides is 1. The number of H-pyrrole nitrogens is 1. The second kappa shape index (κ2) is 4.99. The van der Waals surface area contributed by atoms with Gasteiger partial charge in [0.25, 0.3) is 0 Å². The lowest BCUT2D eigenvalue weighted by atomic mass is 9.91. The molecule has 0 radical (unpaired) electrons. The van der Waals surface area contributed by atoms with Gasteiger partial charge in [-0.1, -0.05) is 12.8 Å². The molecule has 1 heterocycles. The SMILES string of the molecule is Cc1[nH]ncc1S(=O)(=O)N(C)C1CCCCC1N. The zero-order valence-corrected chi connectivity index (χ0v) is 11.6. The third-order valence-corrected chi connectivity index (χ3v) is 5.69. The summed E-state index contributed by atoms with van der Waals surface area (Å²) in [7, 11) is -1.89. The van der Waals surface area contributed by atoms with Crippen molar-refractivity contribution in [2.75, 3.05) is 7.05 Å². The van der Waals surface area contributed by atoms with Crippen molar-refractivity contribution < 1.29 is 8.42 Å². The van der Waals surface area contributed by atoms with E-state index in [-0.39, 0.29) is 17.0 Å². The van der Waals surface area contributed by atoms with Gasteiger partial charge in [0.05, 0.1) is 11.9 Å². The molecule has 102 valence electrons. The van der Waals surface area contributed by atoms with Gasteiger partial charge in [-0.25, -0.2) is 8.42 Å². The van der Waals surface area contributed by atoms with Gasteiger partial charge in [0.1, 0.15) is 4.90 Å². The van der Waals surface area contributed by atoms with E-state index in [9.17, 15) is 8.42 Å². The molecule has 0 aliphatic heterocycles. The van der Waals surface area contributed by atoms with Crippen LogP contribution in [0, 0.1) is 6.92 Å². The molecule has 1 saturated carbocycles. The highest BCUT2D eigenvalue weighted by Crippen LogP contribution is 2.26. The Labute approximate surface area is 108 Å². The molecule has 1 aliphatic rings. The van der Waals surface area contributed by atoms with Crippen LogP contribution < -0.4 is 5.73 Å². The molecule has 0 aromatic carbocycles. The Bertz CT molecular complexity index is 511. The van der Waals surface area contributed by atoms with E-state index in [1.54, 1.807) is 14.0 Å². The van der Waals surface area contributed by atoms with E-state index < -0.39 is 10.0 Å². The predicted molar refractivity (Wildman–Crippen MR) is 68.5 cm³/mol. The van der Waals surface area contributed by atoms with E-state index in [0.717, 1.165) is 25.7 Å². The molecule has 3 N–H and O–H groups in total. The minimum Gasteiger partial charge on any atom is -0.326 e. The number of nitrogens with two attached hydrogens (primary N) is 1. The van der Waals surface area contributed by atoms with Crippen LogP contribution >= 0.6 is 0 Å². The second-order valence-corrected chi connectivity index (χ2v) is 6.86. The maximum absolute atomic E-state index is 12.5. The average Bonchev–Trinajstić information content (AvgIpc) is 2.76. The molecule has 0 saturated heterocycles. The third kappa shape index (κ3) is 2.30. The van der Waals surface area contributed by atoms with Crippen LogP contribution in [-0.4, -0.2) is 42.1 Å². The Morgan fingerprint density at radius 2 is 2.11 bits per heavy atom. The lowest BCUT2D eigenvalue weighted by Crippen LogP contribution is -2.50. The maximum atomic E-state index is 12.5. The molecule has 7 heteroatoms. The summed E-state index contributed by atoms with van der Waals surface area (Å²) in [6, 6.07) is -0.191. The van der Waals surface area contributed by atoms with Crippen LogP contribution in [0.5, 0.6) is 0 Å². The normalized spacial score (nSPS) is 25.6. The first-order chi connectivity index (χ1) is 8.44. The first-order valence-corrected chi connectivity index (χ1v) is 7.62. The number of aryl methyl sites for hydroxylation is 1. The van der Waals surface area contributed by atoms with Crippen molar-refractivity contribution in [1.29, 1.82) is 0 Å². The minimum absolute atomic E-state index is 0.0780. The van der Waals surface area contributed by atoms with Crippen molar-refractivity contribution in [2.24, 2.45) is 5.73 Å². The molecule has 0 amide bonds. The lowest BCUT2D eigenvalue weighted by molar-refractivity contribution is 0.252. The maximum Gasteiger partial charge on any atom is 0.246 e. The summed E-state index contributed by atoms with van der Waals surface area (Å²) in [5, 5.41) is 6.43. The van der Waals surface area contributed by atoms with E-state index in [2.05, 4.69) is 10.2 Å². The summed E-state index contributed by atoms with van der Waals surface area (Å²) in [5.41, 5.74) is 6.60. The van der Waals surface area contributed by atoms with Crippen molar-refractivity contribution >= 4 is 10.0 Å². The highest BCUT2D eigenvalue weighted by atomic mass is 32.2. The van der Waals surface area contributed by atoms with Crippen LogP contribution in [0.3, 0.4) is 0 Å². The summed E-state index contributed by atoms with van der Waals surface area (Å²) in [4.78, 5) is 0.239. The van der Waals surface area contributed by atoms with Gasteiger partial charge in [0.15, 0.2) is 0 Å². The molecule has 1 aromatic rings. The Balaban J connectivity index is 2.27. The summed E-state index contributed by atoms with van der Waals surface area (Å²) in [6.45, 7) is 1.70. The molecule has 0 bridgehead atoms. The fourth-order valence-electron chi connectivity index (χ4n) is 2.52. The summed E-state index contributed by atoms with van der Waals surface area (Å²) in [6.07, 6.45) is 5.18. The van der Waals surface area contributed by atoms with E-state index in [4.69, 9.17) is 5.73 Å². The number of likely N-dealkylation sites (N-methyl/N-ethyl adjacent to an activating group) is 1. The molecule has 2 rings (SSSR count). The molecule has 1 aliphatic carbocycles. The second-order valence-electron chi connectivity index (χ2n) is 4.90. The van der Waals surface area contributed by atoms with Crippen LogP contribution in [0.2, 0.25) is 0 Å². The lowest BCUT2D eigenvalue weighted by Gasteiger charge is -2.35. The van der Waals surface area contributed by atoms with E-state index in [1.807, 2.05) is 0 Å². The van der Waals surface area contributed by atoms with Crippen LogP contribution in [0.15, 0.2) is 11.1 Å². The molecular formula is C11H20N4O2S. The zero-order chi connectivity index (χ0) is 13.3. The molecular weight excluding hydrogens is 252 g/mol. The highest BCUT2D eigenvalue weighted by Gasteiger charge is 2.34. The van der Waals surface area contributed by atoms with Gasteiger partial charge in [-0.05, 0) is 19.8 Å². The van der Waals surface area contributed by atoms with E-state index in [1.165, 1.54) is 10.5 Å². The largest absolute Gasteiger partial charge is 0.326 e. The summed E-state index contributed by atoms with van der Waals surface area (Å²) >= 11 is 0. The van der Waals surface area contributed by atoms with Gasteiger partial charge in [-0.15, -0.1) is 0 Å². The minimum atomic E-state index is -3.50. The Morgan fingerprint density at radius 1 is 1.44 bits per heavy atom. The van der Waals surface area contributed by atoms with Crippen molar-refractivity contribution in [2.45, 2.75) is 49.6 Å². The van der Waals surface area contributed by atoms with Gasteiger partial charge in [0.2, 0.25) is 10.0 Å². The van der Waals surface area contributed by atoms with Gasteiger partial charge >= 0.3 is 0 Å². The molecule has 0 spiro atoms.